The Morgan fingerprint density at radius 2 is 1.43 bits per heavy atom. The summed E-state index contributed by atoms with van der Waals surface area (Å²) in [4.78, 5) is 7.05. The van der Waals surface area contributed by atoms with Crippen molar-refractivity contribution in [2.75, 3.05) is 85.7 Å². The summed E-state index contributed by atoms with van der Waals surface area (Å²) < 4.78 is 0. The zero-order valence-corrected chi connectivity index (χ0v) is 13.6. The molecule has 126 valence electrons. The molecule has 0 saturated carbocycles. The molecule has 0 aromatic rings. The van der Waals surface area contributed by atoms with Crippen LogP contribution in [0.1, 0.15) is 12.8 Å². The molecule has 0 radical (unpaired) electrons. The van der Waals surface area contributed by atoms with E-state index in [0.29, 0.717) is 0 Å². The van der Waals surface area contributed by atoms with Gasteiger partial charge >= 0.3 is 0 Å². The molecule has 0 atom stereocenters. The van der Waals surface area contributed by atoms with Gasteiger partial charge in [0.25, 0.3) is 0 Å². The summed E-state index contributed by atoms with van der Waals surface area (Å²) in [7, 11) is 2.17. The average Bonchev–Trinajstić information content (AvgIpc) is 2.47. The van der Waals surface area contributed by atoms with E-state index < -0.39 is 0 Å². The summed E-state index contributed by atoms with van der Waals surface area (Å²) >= 11 is 0. The standard InChI is InChI=1S/C15H34N4O2/c1-17-6-3-8-18(12-14-20)9-5-16-4-2-7-19(11-10-17)13-15-21/h16,20-21H,2-15H2,1H3. The van der Waals surface area contributed by atoms with Crippen LogP contribution in [0.25, 0.3) is 0 Å². The highest BCUT2D eigenvalue weighted by molar-refractivity contribution is 4.66. The second-order valence-corrected chi connectivity index (χ2v) is 5.89. The van der Waals surface area contributed by atoms with Gasteiger partial charge in [-0.2, -0.15) is 0 Å². The number of nitrogens with one attached hydrogen (secondary N) is 1. The van der Waals surface area contributed by atoms with Crippen molar-refractivity contribution in [1.29, 1.82) is 0 Å². The zero-order valence-electron chi connectivity index (χ0n) is 13.6. The summed E-state index contributed by atoms with van der Waals surface area (Å²) in [5.41, 5.74) is 0. The zero-order chi connectivity index (χ0) is 15.3. The third kappa shape index (κ3) is 9.39. The highest BCUT2D eigenvalue weighted by Crippen LogP contribution is 1.97. The van der Waals surface area contributed by atoms with E-state index in [2.05, 4.69) is 27.1 Å². The molecule has 1 aliphatic rings. The van der Waals surface area contributed by atoms with Gasteiger partial charge in [0.1, 0.15) is 0 Å². The van der Waals surface area contributed by atoms with Crippen LogP contribution >= 0.6 is 0 Å². The van der Waals surface area contributed by atoms with E-state index in [4.69, 9.17) is 10.2 Å². The van der Waals surface area contributed by atoms with Crippen molar-refractivity contribution >= 4 is 0 Å². The SMILES string of the molecule is CN1CCCN(CCO)CCNCCCN(CCO)CC1. The third-order valence-corrected chi connectivity index (χ3v) is 4.08. The van der Waals surface area contributed by atoms with E-state index in [9.17, 15) is 0 Å². The summed E-state index contributed by atoms with van der Waals surface area (Å²) in [6.45, 7) is 10.3. The molecule has 1 saturated heterocycles. The Morgan fingerprint density at radius 3 is 2.14 bits per heavy atom. The summed E-state index contributed by atoms with van der Waals surface area (Å²) in [5, 5.41) is 21.7. The Kier molecular flexibility index (Phi) is 11.0. The maximum Gasteiger partial charge on any atom is 0.0558 e. The van der Waals surface area contributed by atoms with Crippen LogP contribution in [-0.4, -0.2) is 111 Å². The minimum Gasteiger partial charge on any atom is -0.395 e. The molecular weight excluding hydrogens is 268 g/mol. The normalized spacial score (nSPS) is 23.0. The van der Waals surface area contributed by atoms with Crippen LogP contribution in [0.2, 0.25) is 0 Å². The van der Waals surface area contributed by atoms with Crippen molar-refractivity contribution < 1.29 is 10.2 Å². The monoisotopic (exact) mass is 302 g/mol. The van der Waals surface area contributed by atoms with Crippen LogP contribution in [0.3, 0.4) is 0 Å². The molecule has 0 aromatic carbocycles. The van der Waals surface area contributed by atoms with Gasteiger partial charge in [0.05, 0.1) is 13.2 Å². The van der Waals surface area contributed by atoms with Gasteiger partial charge in [-0.25, -0.2) is 0 Å². The van der Waals surface area contributed by atoms with E-state index >= 15 is 0 Å². The third-order valence-electron chi connectivity index (χ3n) is 4.08. The fourth-order valence-electron chi connectivity index (χ4n) is 2.73. The van der Waals surface area contributed by atoms with E-state index in [0.717, 1.165) is 78.3 Å². The number of β-amino-alcohol motifs (C(OH)–C–C–N with tert-alkyl or cyclic N) is 2. The predicted octanol–water partition coefficient (Wildman–Crippen LogP) is -1.11. The van der Waals surface area contributed by atoms with Crippen molar-refractivity contribution in [3.05, 3.63) is 0 Å². The first-order valence-electron chi connectivity index (χ1n) is 8.32. The van der Waals surface area contributed by atoms with E-state index in [-0.39, 0.29) is 13.2 Å². The molecule has 3 N–H and O–H groups in total. The molecule has 1 rings (SSSR count). The van der Waals surface area contributed by atoms with Gasteiger partial charge in [-0.3, -0.25) is 9.80 Å². The van der Waals surface area contributed by atoms with Gasteiger partial charge in [0, 0.05) is 39.3 Å². The first kappa shape index (κ1) is 18.8. The van der Waals surface area contributed by atoms with Crippen molar-refractivity contribution in [2.45, 2.75) is 12.8 Å². The number of likely N-dealkylation sites (N-methyl/N-ethyl adjacent to an activating group) is 1. The lowest BCUT2D eigenvalue weighted by Gasteiger charge is -2.27. The molecular formula is C15H34N4O2. The van der Waals surface area contributed by atoms with Gasteiger partial charge < -0.3 is 20.4 Å². The van der Waals surface area contributed by atoms with E-state index in [1.165, 1.54) is 0 Å². The molecule has 1 fully saturated rings. The van der Waals surface area contributed by atoms with Crippen molar-refractivity contribution in [1.82, 2.24) is 20.0 Å². The van der Waals surface area contributed by atoms with Crippen LogP contribution in [0, 0.1) is 0 Å². The molecule has 21 heavy (non-hydrogen) atoms. The van der Waals surface area contributed by atoms with Crippen LogP contribution in [0.4, 0.5) is 0 Å². The van der Waals surface area contributed by atoms with Gasteiger partial charge in [0.15, 0.2) is 0 Å². The lowest BCUT2D eigenvalue weighted by molar-refractivity contribution is 0.164. The Morgan fingerprint density at radius 1 is 0.762 bits per heavy atom. The molecule has 6 nitrogen and oxygen atoms in total. The van der Waals surface area contributed by atoms with Gasteiger partial charge in [-0.15, -0.1) is 0 Å². The molecule has 1 heterocycles. The fourth-order valence-corrected chi connectivity index (χ4v) is 2.73. The summed E-state index contributed by atoms with van der Waals surface area (Å²) in [6, 6.07) is 0. The van der Waals surface area contributed by atoms with Crippen LogP contribution < -0.4 is 5.32 Å². The number of hydrogen-bond acceptors (Lipinski definition) is 6. The molecule has 1 aliphatic heterocycles. The number of aliphatic hydroxyl groups excluding tert-OH is 2. The molecule has 0 spiro atoms. The summed E-state index contributed by atoms with van der Waals surface area (Å²) in [5.74, 6) is 0. The Balaban J connectivity index is 2.39. The second kappa shape index (κ2) is 12.3. The Bertz CT molecular complexity index is 244. The predicted molar refractivity (Wildman–Crippen MR) is 86.7 cm³/mol. The van der Waals surface area contributed by atoms with Gasteiger partial charge in [0.2, 0.25) is 0 Å². The molecule has 6 heteroatoms. The van der Waals surface area contributed by atoms with Crippen molar-refractivity contribution in [3.63, 3.8) is 0 Å². The lowest BCUT2D eigenvalue weighted by atomic mass is 10.3. The van der Waals surface area contributed by atoms with E-state index in [1.807, 2.05) is 0 Å². The molecule has 0 amide bonds. The fraction of sp³-hybridized carbons (Fsp3) is 1.00. The lowest BCUT2D eigenvalue weighted by Crippen LogP contribution is -2.40. The van der Waals surface area contributed by atoms with Crippen molar-refractivity contribution in [3.8, 4) is 0 Å². The Hall–Kier alpha value is -0.240. The van der Waals surface area contributed by atoms with E-state index in [1.54, 1.807) is 0 Å². The highest BCUT2D eigenvalue weighted by Gasteiger charge is 2.09. The average molecular weight is 302 g/mol. The number of aliphatic hydroxyl groups is 2. The van der Waals surface area contributed by atoms with Crippen LogP contribution in [-0.2, 0) is 0 Å². The second-order valence-electron chi connectivity index (χ2n) is 5.89. The number of rotatable bonds is 4. The minimum absolute atomic E-state index is 0.242. The largest absolute Gasteiger partial charge is 0.395 e. The molecule has 0 bridgehead atoms. The highest BCUT2D eigenvalue weighted by atomic mass is 16.3. The first-order valence-corrected chi connectivity index (χ1v) is 8.32. The van der Waals surface area contributed by atoms with Gasteiger partial charge in [-0.05, 0) is 46.1 Å². The van der Waals surface area contributed by atoms with Crippen LogP contribution in [0.5, 0.6) is 0 Å². The van der Waals surface area contributed by atoms with Crippen molar-refractivity contribution in [2.24, 2.45) is 0 Å². The quantitative estimate of drug-likeness (QED) is 0.612. The van der Waals surface area contributed by atoms with Gasteiger partial charge in [-0.1, -0.05) is 0 Å². The molecule has 0 unspecified atom stereocenters. The number of nitrogens with zero attached hydrogens (tertiary/aromatic N) is 3. The molecule has 0 aromatic heterocycles. The Labute approximate surface area is 129 Å². The minimum atomic E-state index is 0.242. The smallest absolute Gasteiger partial charge is 0.0558 e. The number of hydrogen-bond donors (Lipinski definition) is 3. The summed E-state index contributed by atoms with van der Waals surface area (Å²) in [6.07, 6.45) is 2.25. The maximum atomic E-state index is 9.14. The first-order chi connectivity index (χ1) is 10.3. The van der Waals surface area contributed by atoms with Crippen LogP contribution in [0.15, 0.2) is 0 Å². The maximum absolute atomic E-state index is 9.14. The topological polar surface area (TPSA) is 62.2 Å². The molecule has 0 aliphatic carbocycles.